The lowest BCUT2D eigenvalue weighted by atomic mass is 9.95. The Morgan fingerprint density at radius 2 is 1.79 bits per heavy atom. The van der Waals surface area contributed by atoms with Crippen molar-refractivity contribution in [1.82, 2.24) is 16.1 Å². The molecular weight excluding hydrogens is 560 g/mol. The molecule has 1 aliphatic rings. The van der Waals surface area contributed by atoms with Crippen molar-refractivity contribution in [2.45, 2.75) is 19.9 Å². The van der Waals surface area contributed by atoms with Gasteiger partial charge in [0.1, 0.15) is 11.5 Å². The van der Waals surface area contributed by atoms with Crippen molar-refractivity contribution in [1.29, 1.82) is 0 Å². The standard InChI is InChI=1S/C30H30N4O9/c1-5-41-28(36)19-8-6-18(7-9-19)22-13-11-21(43-22)15-31-34-25(35)16-42-23-12-10-20(14-24(23)39-3)27-26(29(37)40-4)17(2)32-30(38)33-27/h6-15,27H,5,16H2,1-4H3,(H,34,35)(H2,32,33,38)/b31-15-/t27-/m0/s1. The van der Waals surface area contributed by atoms with Crippen molar-refractivity contribution in [2.24, 2.45) is 5.10 Å². The maximum absolute atomic E-state index is 12.4. The van der Waals surface area contributed by atoms with E-state index in [-0.39, 0.29) is 23.7 Å². The third-order valence-electron chi connectivity index (χ3n) is 6.24. The van der Waals surface area contributed by atoms with Gasteiger partial charge in [-0.3, -0.25) is 4.79 Å². The van der Waals surface area contributed by atoms with Crippen LogP contribution in [0, 0.1) is 0 Å². The molecule has 0 saturated carbocycles. The fourth-order valence-electron chi connectivity index (χ4n) is 4.21. The van der Waals surface area contributed by atoms with Gasteiger partial charge in [0.25, 0.3) is 5.91 Å². The number of nitrogens with zero attached hydrogens (tertiary/aromatic N) is 1. The highest BCUT2D eigenvalue weighted by atomic mass is 16.5. The Bertz CT molecular complexity index is 1570. The summed E-state index contributed by atoms with van der Waals surface area (Å²) >= 11 is 0. The number of furan rings is 1. The Hall–Kier alpha value is -5.59. The van der Waals surface area contributed by atoms with Crippen LogP contribution in [0.2, 0.25) is 0 Å². The summed E-state index contributed by atoms with van der Waals surface area (Å²) in [5.41, 5.74) is 4.70. The van der Waals surface area contributed by atoms with E-state index < -0.39 is 29.9 Å². The van der Waals surface area contributed by atoms with Crippen LogP contribution >= 0.6 is 0 Å². The molecule has 2 aromatic carbocycles. The van der Waals surface area contributed by atoms with Crippen molar-refractivity contribution in [3.8, 4) is 22.8 Å². The Morgan fingerprint density at radius 1 is 1.02 bits per heavy atom. The van der Waals surface area contributed by atoms with Crippen molar-refractivity contribution < 1.29 is 42.5 Å². The van der Waals surface area contributed by atoms with E-state index in [1.807, 2.05) is 0 Å². The number of nitrogens with one attached hydrogen (secondary N) is 3. The molecule has 224 valence electrons. The first kappa shape index (κ1) is 30.4. The van der Waals surface area contributed by atoms with E-state index in [0.717, 1.165) is 5.56 Å². The summed E-state index contributed by atoms with van der Waals surface area (Å²) in [6, 6.07) is 13.7. The number of rotatable bonds is 11. The highest BCUT2D eigenvalue weighted by molar-refractivity contribution is 5.95. The molecule has 0 spiro atoms. The minimum Gasteiger partial charge on any atom is -0.493 e. The number of carbonyl (C=O) groups is 4. The highest BCUT2D eigenvalue weighted by Gasteiger charge is 2.32. The van der Waals surface area contributed by atoms with Crippen LogP contribution in [0.1, 0.15) is 41.6 Å². The number of hydrazone groups is 1. The van der Waals surface area contributed by atoms with Crippen LogP contribution in [0.5, 0.6) is 11.5 Å². The molecule has 3 amide bonds. The van der Waals surface area contributed by atoms with Crippen molar-refractivity contribution in [2.75, 3.05) is 27.4 Å². The van der Waals surface area contributed by atoms with E-state index in [1.54, 1.807) is 68.4 Å². The van der Waals surface area contributed by atoms with E-state index in [0.29, 0.717) is 35.0 Å². The summed E-state index contributed by atoms with van der Waals surface area (Å²) in [7, 11) is 2.68. The van der Waals surface area contributed by atoms with Crippen LogP contribution in [0.3, 0.4) is 0 Å². The van der Waals surface area contributed by atoms with Gasteiger partial charge in [-0.15, -0.1) is 0 Å². The Labute approximate surface area is 246 Å². The van der Waals surface area contributed by atoms with E-state index in [2.05, 4.69) is 21.2 Å². The fourth-order valence-corrected chi connectivity index (χ4v) is 4.21. The number of ether oxygens (including phenoxy) is 4. The van der Waals surface area contributed by atoms with Crippen LogP contribution in [-0.4, -0.2) is 57.5 Å². The van der Waals surface area contributed by atoms with Gasteiger partial charge < -0.3 is 34.0 Å². The SMILES string of the molecule is CCOC(=O)c1ccc(-c2ccc(/C=N\NC(=O)COc3ccc([C@@H]4NC(=O)NC(C)=C4C(=O)OC)cc3OC)o2)cc1. The first-order valence-electron chi connectivity index (χ1n) is 13.1. The van der Waals surface area contributed by atoms with Crippen LogP contribution in [0.4, 0.5) is 4.79 Å². The smallest absolute Gasteiger partial charge is 0.338 e. The average molecular weight is 591 g/mol. The largest absolute Gasteiger partial charge is 0.493 e. The maximum atomic E-state index is 12.4. The Kier molecular flexibility index (Phi) is 9.78. The number of amides is 3. The third-order valence-corrected chi connectivity index (χ3v) is 6.24. The lowest BCUT2D eigenvalue weighted by Gasteiger charge is -2.28. The van der Waals surface area contributed by atoms with E-state index in [9.17, 15) is 19.2 Å². The molecular formula is C30H30N4O9. The fraction of sp³-hybridized carbons (Fsp3) is 0.233. The number of methoxy groups -OCH3 is 2. The molecule has 3 aromatic rings. The molecule has 0 fully saturated rings. The van der Waals surface area contributed by atoms with Gasteiger partial charge in [0.05, 0.1) is 44.2 Å². The van der Waals surface area contributed by atoms with E-state index >= 15 is 0 Å². The normalized spacial score (nSPS) is 14.5. The molecule has 13 nitrogen and oxygen atoms in total. The van der Waals surface area contributed by atoms with E-state index in [1.165, 1.54) is 20.4 Å². The molecule has 43 heavy (non-hydrogen) atoms. The average Bonchev–Trinajstić information content (AvgIpc) is 3.48. The summed E-state index contributed by atoms with van der Waals surface area (Å²) in [5.74, 6) is -0.0511. The molecule has 0 unspecified atom stereocenters. The third kappa shape index (κ3) is 7.38. The molecule has 0 saturated heterocycles. The molecule has 4 rings (SSSR count). The second-order valence-electron chi connectivity index (χ2n) is 9.05. The van der Waals surface area contributed by atoms with Crippen molar-refractivity contribution in [3.05, 3.63) is 82.8 Å². The number of carbonyl (C=O) groups excluding carboxylic acids is 4. The summed E-state index contributed by atoms with van der Waals surface area (Å²) in [5, 5.41) is 9.15. The van der Waals surface area contributed by atoms with Gasteiger partial charge in [-0.25, -0.2) is 19.8 Å². The van der Waals surface area contributed by atoms with E-state index in [4.69, 9.17) is 23.4 Å². The number of allylic oxidation sites excluding steroid dienone is 1. The summed E-state index contributed by atoms with van der Waals surface area (Å²) in [6.07, 6.45) is 1.34. The van der Waals surface area contributed by atoms with Crippen LogP contribution < -0.4 is 25.5 Å². The van der Waals surface area contributed by atoms with Crippen LogP contribution in [0.15, 0.2) is 75.4 Å². The number of esters is 2. The first-order valence-corrected chi connectivity index (χ1v) is 13.1. The van der Waals surface area contributed by atoms with Gasteiger partial charge >= 0.3 is 18.0 Å². The summed E-state index contributed by atoms with van der Waals surface area (Å²) in [6.45, 7) is 3.27. The maximum Gasteiger partial charge on any atom is 0.338 e. The zero-order valence-corrected chi connectivity index (χ0v) is 23.9. The molecule has 3 N–H and O–H groups in total. The molecule has 0 aliphatic carbocycles. The lowest BCUT2D eigenvalue weighted by molar-refractivity contribution is -0.136. The predicted octanol–water partition coefficient (Wildman–Crippen LogP) is 3.46. The molecule has 1 aromatic heterocycles. The topological polar surface area (TPSA) is 167 Å². The van der Waals surface area contributed by atoms with Gasteiger partial charge in [0, 0.05) is 11.3 Å². The number of benzene rings is 2. The molecule has 13 heteroatoms. The van der Waals surface area contributed by atoms with Crippen LogP contribution in [0.25, 0.3) is 11.3 Å². The lowest BCUT2D eigenvalue weighted by Crippen LogP contribution is -2.45. The molecule has 1 aliphatic heterocycles. The van der Waals surface area contributed by atoms with Gasteiger partial charge in [-0.2, -0.15) is 5.10 Å². The highest BCUT2D eigenvalue weighted by Crippen LogP contribution is 2.34. The van der Waals surface area contributed by atoms with Gasteiger partial charge in [0.2, 0.25) is 0 Å². The number of urea groups is 1. The number of hydrogen-bond donors (Lipinski definition) is 3. The number of hydrogen-bond acceptors (Lipinski definition) is 10. The minimum absolute atomic E-state index is 0.241. The molecule has 2 heterocycles. The van der Waals surface area contributed by atoms with Gasteiger partial charge in [-0.05, 0) is 55.8 Å². The molecule has 0 radical (unpaired) electrons. The van der Waals surface area contributed by atoms with Crippen molar-refractivity contribution in [3.63, 3.8) is 0 Å². The monoisotopic (exact) mass is 590 g/mol. The van der Waals surface area contributed by atoms with Gasteiger partial charge in [-0.1, -0.05) is 18.2 Å². The first-order chi connectivity index (χ1) is 20.7. The minimum atomic E-state index is -0.784. The second kappa shape index (κ2) is 13.9. The second-order valence-corrected chi connectivity index (χ2v) is 9.05. The Morgan fingerprint density at radius 3 is 2.49 bits per heavy atom. The van der Waals surface area contributed by atoms with Crippen molar-refractivity contribution >= 4 is 30.1 Å². The molecule has 1 atom stereocenters. The predicted molar refractivity (Wildman–Crippen MR) is 153 cm³/mol. The summed E-state index contributed by atoms with van der Waals surface area (Å²) in [4.78, 5) is 48.6. The quantitative estimate of drug-likeness (QED) is 0.172. The zero-order chi connectivity index (χ0) is 30.9. The summed E-state index contributed by atoms with van der Waals surface area (Å²) < 4.78 is 26.6. The van der Waals surface area contributed by atoms with Crippen LogP contribution in [-0.2, 0) is 19.1 Å². The Balaban J connectivity index is 1.34. The molecule has 0 bridgehead atoms. The zero-order valence-electron chi connectivity index (χ0n) is 23.9. The van der Waals surface area contributed by atoms with Gasteiger partial charge in [0.15, 0.2) is 18.1 Å².